The largest absolute Gasteiger partial charge is 0.417 e. The lowest BCUT2D eigenvalue weighted by atomic mass is 10.1. The molecule has 0 saturated carbocycles. The number of alkyl halides is 3. The number of benzene rings is 2. The van der Waals surface area contributed by atoms with Gasteiger partial charge in [0, 0.05) is 17.3 Å². The zero-order valence-corrected chi connectivity index (χ0v) is 14.2. The molecule has 0 saturated heterocycles. The third-order valence-electron chi connectivity index (χ3n) is 3.59. The Morgan fingerprint density at radius 1 is 1.12 bits per heavy atom. The molecule has 8 heteroatoms. The molecule has 0 aliphatic rings. The zero-order chi connectivity index (χ0) is 18.9. The average molecular weight is 380 g/mol. The van der Waals surface area contributed by atoms with Crippen LogP contribution in [0.3, 0.4) is 0 Å². The van der Waals surface area contributed by atoms with E-state index in [1.54, 1.807) is 6.07 Å². The Bertz CT molecular complexity index is 1020. The number of nitrogens with one attached hydrogen (secondary N) is 2. The lowest BCUT2D eigenvalue weighted by molar-refractivity contribution is -0.137. The van der Waals surface area contributed by atoms with Crippen LogP contribution in [-0.4, -0.2) is 9.97 Å². The molecular weight excluding hydrogens is 367 g/mol. The van der Waals surface area contributed by atoms with E-state index in [0.29, 0.717) is 5.69 Å². The van der Waals surface area contributed by atoms with Crippen LogP contribution in [0.5, 0.6) is 0 Å². The Morgan fingerprint density at radius 3 is 2.58 bits per heavy atom. The van der Waals surface area contributed by atoms with Crippen molar-refractivity contribution >= 4 is 23.2 Å². The van der Waals surface area contributed by atoms with E-state index in [-0.39, 0.29) is 11.6 Å². The third kappa shape index (κ3) is 4.05. The van der Waals surface area contributed by atoms with Crippen LogP contribution >= 0.6 is 11.6 Å². The topological polar surface area (TPSA) is 57.8 Å². The maximum atomic E-state index is 13.0. The van der Waals surface area contributed by atoms with Crippen molar-refractivity contribution in [1.29, 1.82) is 0 Å². The molecule has 2 aromatic carbocycles. The second-order valence-electron chi connectivity index (χ2n) is 5.67. The number of nitrogens with zero attached hydrogens (tertiary/aromatic N) is 1. The van der Waals surface area contributed by atoms with Gasteiger partial charge in [-0.3, -0.25) is 9.78 Å². The molecule has 0 atom stereocenters. The maximum Gasteiger partial charge on any atom is 0.417 e. The van der Waals surface area contributed by atoms with Crippen molar-refractivity contribution in [3.8, 4) is 11.3 Å². The molecule has 0 spiro atoms. The number of aromatic nitrogens is 2. The minimum atomic E-state index is -4.58. The summed E-state index contributed by atoms with van der Waals surface area (Å²) in [4.78, 5) is 18.6. The molecule has 0 unspecified atom stereocenters. The number of hydrogen-bond acceptors (Lipinski definition) is 3. The van der Waals surface area contributed by atoms with Crippen LogP contribution in [0.2, 0.25) is 5.02 Å². The third-order valence-corrected chi connectivity index (χ3v) is 3.92. The number of rotatable bonds is 3. The average Bonchev–Trinajstić information content (AvgIpc) is 2.55. The van der Waals surface area contributed by atoms with Gasteiger partial charge in [-0.2, -0.15) is 13.2 Å². The van der Waals surface area contributed by atoms with E-state index in [4.69, 9.17) is 11.6 Å². The van der Waals surface area contributed by atoms with Crippen molar-refractivity contribution in [2.24, 2.45) is 0 Å². The Morgan fingerprint density at radius 2 is 1.88 bits per heavy atom. The highest BCUT2D eigenvalue weighted by molar-refractivity contribution is 6.31. The number of aromatic amines is 1. The van der Waals surface area contributed by atoms with E-state index in [1.807, 2.05) is 25.1 Å². The highest BCUT2D eigenvalue weighted by Crippen LogP contribution is 2.36. The minimum absolute atomic E-state index is 0.0319. The van der Waals surface area contributed by atoms with Crippen LogP contribution < -0.4 is 10.9 Å². The van der Waals surface area contributed by atoms with Crippen molar-refractivity contribution in [2.45, 2.75) is 13.1 Å². The zero-order valence-electron chi connectivity index (χ0n) is 13.5. The Kier molecular flexibility index (Phi) is 4.73. The second-order valence-corrected chi connectivity index (χ2v) is 6.07. The Labute approximate surface area is 151 Å². The van der Waals surface area contributed by atoms with Crippen molar-refractivity contribution in [2.75, 3.05) is 5.32 Å². The predicted octanol–water partition coefficient (Wildman–Crippen LogP) is 5.16. The summed E-state index contributed by atoms with van der Waals surface area (Å²) in [5.41, 5.74) is 0.833. The van der Waals surface area contributed by atoms with E-state index < -0.39 is 22.3 Å². The molecule has 134 valence electrons. The fraction of sp³-hybridized carbons (Fsp3) is 0.111. The van der Waals surface area contributed by atoms with E-state index >= 15 is 0 Å². The predicted molar refractivity (Wildman–Crippen MR) is 94.8 cm³/mol. The highest BCUT2D eigenvalue weighted by Gasteiger charge is 2.33. The van der Waals surface area contributed by atoms with E-state index in [9.17, 15) is 18.0 Å². The molecule has 0 radical (unpaired) electrons. The molecule has 4 nitrogen and oxygen atoms in total. The van der Waals surface area contributed by atoms with Gasteiger partial charge < -0.3 is 5.32 Å². The summed E-state index contributed by atoms with van der Waals surface area (Å²) < 4.78 is 38.9. The molecule has 0 amide bonds. The SMILES string of the molecule is Cc1cccc(-c2cc(=O)[nH]c(Nc3ccc(Cl)c(C(F)(F)F)c3)n2)c1. The first-order chi connectivity index (χ1) is 12.2. The van der Waals surface area contributed by atoms with Gasteiger partial charge in [-0.05, 0) is 31.2 Å². The van der Waals surface area contributed by atoms with Crippen molar-refractivity contribution in [1.82, 2.24) is 9.97 Å². The normalized spacial score (nSPS) is 11.4. The fourth-order valence-corrected chi connectivity index (χ4v) is 2.65. The molecule has 3 rings (SSSR count). The van der Waals surface area contributed by atoms with Crippen molar-refractivity contribution in [3.05, 3.63) is 75.0 Å². The molecular formula is C18H13ClF3N3O. The van der Waals surface area contributed by atoms with Crippen LogP contribution in [-0.2, 0) is 6.18 Å². The molecule has 1 heterocycles. The minimum Gasteiger partial charge on any atom is -0.326 e. The van der Waals surface area contributed by atoms with Crippen molar-refractivity contribution in [3.63, 3.8) is 0 Å². The Balaban J connectivity index is 1.98. The molecule has 0 bridgehead atoms. The molecule has 1 aromatic heterocycles. The molecule has 3 aromatic rings. The van der Waals surface area contributed by atoms with Gasteiger partial charge in [0.15, 0.2) is 0 Å². The van der Waals surface area contributed by atoms with Gasteiger partial charge in [0.2, 0.25) is 5.95 Å². The van der Waals surface area contributed by atoms with Gasteiger partial charge in [0.25, 0.3) is 5.56 Å². The van der Waals surface area contributed by atoms with Crippen LogP contribution in [0.1, 0.15) is 11.1 Å². The summed E-state index contributed by atoms with van der Waals surface area (Å²) in [6.07, 6.45) is -4.58. The highest BCUT2D eigenvalue weighted by atomic mass is 35.5. The molecule has 0 fully saturated rings. The summed E-state index contributed by atoms with van der Waals surface area (Å²) in [6.45, 7) is 1.90. The summed E-state index contributed by atoms with van der Waals surface area (Å²) in [7, 11) is 0. The molecule has 0 aliphatic carbocycles. The van der Waals surface area contributed by atoms with Crippen LogP contribution in [0, 0.1) is 6.92 Å². The second kappa shape index (κ2) is 6.84. The monoisotopic (exact) mass is 379 g/mol. The number of hydrogen-bond donors (Lipinski definition) is 2. The number of anilines is 2. The Hall–Kier alpha value is -2.80. The first-order valence-electron chi connectivity index (χ1n) is 7.54. The summed E-state index contributed by atoms with van der Waals surface area (Å²) >= 11 is 5.61. The standard InChI is InChI=1S/C18H13ClF3N3O/c1-10-3-2-4-11(7-10)15-9-16(26)25-17(24-15)23-12-5-6-14(19)13(8-12)18(20,21)22/h2-9H,1H3,(H2,23,24,25,26). The summed E-state index contributed by atoms with van der Waals surface area (Å²) in [6, 6.07) is 12.1. The lowest BCUT2D eigenvalue weighted by Crippen LogP contribution is -2.11. The number of halogens is 4. The number of aryl methyl sites for hydroxylation is 1. The molecule has 2 N–H and O–H groups in total. The maximum absolute atomic E-state index is 13.0. The summed E-state index contributed by atoms with van der Waals surface area (Å²) in [5, 5.41) is 2.28. The van der Waals surface area contributed by atoms with E-state index in [2.05, 4.69) is 15.3 Å². The van der Waals surface area contributed by atoms with E-state index in [0.717, 1.165) is 23.3 Å². The van der Waals surface area contributed by atoms with Crippen LogP contribution in [0.25, 0.3) is 11.3 Å². The van der Waals surface area contributed by atoms with Gasteiger partial charge in [-0.1, -0.05) is 35.4 Å². The first-order valence-corrected chi connectivity index (χ1v) is 7.92. The smallest absolute Gasteiger partial charge is 0.326 e. The summed E-state index contributed by atoms with van der Waals surface area (Å²) in [5.74, 6) is 0.0319. The quantitative estimate of drug-likeness (QED) is 0.660. The van der Waals surface area contributed by atoms with Gasteiger partial charge >= 0.3 is 6.18 Å². The van der Waals surface area contributed by atoms with Crippen molar-refractivity contribution < 1.29 is 13.2 Å². The molecule has 26 heavy (non-hydrogen) atoms. The van der Waals surface area contributed by atoms with Gasteiger partial charge in [-0.25, -0.2) is 4.98 Å². The van der Waals surface area contributed by atoms with Gasteiger partial charge in [-0.15, -0.1) is 0 Å². The number of H-pyrrole nitrogens is 1. The lowest BCUT2D eigenvalue weighted by Gasteiger charge is -2.12. The van der Waals surface area contributed by atoms with Crippen LogP contribution in [0.4, 0.5) is 24.8 Å². The molecule has 0 aliphatic heterocycles. The fourth-order valence-electron chi connectivity index (χ4n) is 2.43. The van der Waals surface area contributed by atoms with Gasteiger partial charge in [0.1, 0.15) is 0 Å². The van der Waals surface area contributed by atoms with E-state index in [1.165, 1.54) is 12.1 Å². The van der Waals surface area contributed by atoms with Crippen LogP contribution in [0.15, 0.2) is 53.3 Å². The first kappa shape index (κ1) is 18.0. The van der Waals surface area contributed by atoms with Gasteiger partial charge in [0.05, 0.1) is 16.3 Å².